The van der Waals surface area contributed by atoms with Crippen molar-refractivity contribution < 1.29 is 4.74 Å². The fourth-order valence-corrected chi connectivity index (χ4v) is 3.51. The van der Waals surface area contributed by atoms with Crippen molar-refractivity contribution in [1.29, 1.82) is 0 Å². The minimum atomic E-state index is -0.144. The normalized spacial score (nSPS) is 12.2. The second-order valence-corrected chi connectivity index (χ2v) is 7.59. The van der Waals surface area contributed by atoms with Crippen molar-refractivity contribution in [3.05, 3.63) is 52.9 Å². The van der Waals surface area contributed by atoms with E-state index < -0.39 is 0 Å². The molecule has 0 fully saturated rings. The van der Waals surface area contributed by atoms with E-state index >= 15 is 0 Å². The number of fused-ring (bicyclic) bond motifs is 1. The van der Waals surface area contributed by atoms with Crippen LogP contribution < -0.4 is 16.2 Å². The van der Waals surface area contributed by atoms with E-state index in [1.165, 1.54) is 0 Å². The largest absolute Gasteiger partial charge is 0.472 e. The number of pyridine rings is 3. The van der Waals surface area contributed by atoms with Crippen LogP contribution in [-0.4, -0.2) is 30.6 Å². The summed E-state index contributed by atoms with van der Waals surface area (Å²) in [6.45, 7) is 4.51. The molecule has 4 aromatic heterocycles. The molecule has 4 heterocycles. The van der Waals surface area contributed by atoms with Crippen LogP contribution in [0, 0.1) is 6.92 Å². The SMILES string of the molecule is Cc1nc2ccc(-c3cc(N)nc(N)c3)nc2n1C[C@@H](C)Oc1ncccc1Br. The number of imidazole rings is 1. The van der Waals surface area contributed by atoms with Crippen LogP contribution in [0.15, 0.2) is 47.1 Å². The maximum Gasteiger partial charge on any atom is 0.228 e. The Morgan fingerprint density at radius 2 is 1.86 bits per heavy atom. The molecule has 9 heteroatoms. The summed E-state index contributed by atoms with van der Waals surface area (Å²) in [6.07, 6.45) is 1.56. The van der Waals surface area contributed by atoms with Gasteiger partial charge in [0.1, 0.15) is 29.1 Å². The quantitative estimate of drug-likeness (QED) is 0.473. The first-order chi connectivity index (χ1) is 13.9. The molecule has 4 rings (SSSR count). The first kappa shape index (κ1) is 19.1. The van der Waals surface area contributed by atoms with Gasteiger partial charge in [-0.3, -0.25) is 0 Å². The highest BCUT2D eigenvalue weighted by molar-refractivity contribution is 9.10. The van der Waals surface area contributed by atoms with Crippen LogP contribution in [0.1, 0.15) is 12.7 Å². The van der Waals surface area contributed by atoms with Gasteiger partial charge in [0.25, 0.3) is 0 Å². The Labute approximate surface area is 176 Å². The van der Waals surface area contributed by atoms with Crippen molar-refractivity contribution >= 4 is 38.7 Å². The van der Waals surface area contributed by atoms with E-state index in [1.807, 2.05) is 42.7 Å². The van der Waals surface area contributed by atoms with Gasteiger partial charge in [-0.05, 0) is 66.2 Å². The summed E-state index contributed by atoms with van der Waals surface area (Å²) in [5.74, 6) is 2.12. The van der Waals surface area contributed by atoms with Crippen LogP contribution in [0.3, 0.4) is 0 Å². The van der Waals surface area contributed by atoms with E-state index in [2.05, 4.69) is 30.9 Å². The number of ether oxygens (including phenoxy) is 1. The minimum Gasteiger partial charge on any atom is -0.472 e. The third-order valence-electron chi connectivity index (χ3n) is 4.42. The lowest BCUT2D eigenvalue weighted by Crippen LogP contribution is -2.21. The molecule has 0 aliphatic carbocycles. The third-order valence-corrected chi connectivity index (χ3v) is 5.02. The van der Waals surface area contributed by atoms with Crippen molar-refractivity contribution in [2.45, 2.75) is 26.5 Å². The first-order valence-electron chi connectivity index (χ1n) is 9.05. The Balaban J connectivity index is 1.67. The lowest BCUT2D eigenvalue weighted by atomic mass is 10.1. The number of aromatic nitrogens is 5. The standard InChI is InChI=1S/C20H20BrN7O/c1-11(29-20-14(21)4-3-7-24-20)10-28-12(2)25-16-6-5-15(26-19(16)28)13-8-17(22)27-18(23)9-13/h3-9,11H,10H2,1-2H3,(H4,22,23,27)/t11-/m1/s1. The number of hydrogen-bond donors (Lipinski definition) is 2. The van der Waals surface area contributed by atoms with Gasteiger partial charge >= 0.3 is 0 Å². The molecule has 0 saturated carbocycles. The van der Waals surface area contributed by atoms with Crippen molar-refractivity contribution in [3.63, 3.8) is 0 Å². The van der Waals surface area contributed by atoms with Gasteiger partial charge in [0.05, 0.1) is 16.7 Å². The first-order valence-corrected chi connectivity index (χ1v) is 9.84. The number of aryl methyl sites for hydroxylation is 1. The van der Waals surface area contributed by atoms with E-state index in [1.54, 1.807) is 18.3 Å². The summed E-state index contributed by atoms with van der Waals surface area (Å²) >= 11 is 3.46. The van der Waals surface area contributed by atoms with Crippen LogP contribution in [0.4, 0.5) is 11.6 Å². The molecule has 0 amide bonds. The number of nitrogens with two attached hydrogens (primary N) is 2. The molecule has 0 aliphatic rings. The zero-order chi connectivity index (χ0) is 20.5. The summed E-state index contributed by atoms with van der Waals surface area (Å²) in [4.78, 5) is 17.7. The Hall–Kier alpha value is -3.20. The second-order valence-electron chi connectivity index (χ2n) is 6.73. The lowest BCUT2D eigenvalue weighted by Gasteiger charge is -2.16. The van der Waals surface area contributed by atoms with Gasteiger partial charge in [0, 0.05) is 11.8 Å². The predicted molar refractivity (Wildman–Crippen MR) is 116 cm³/mol. The Morgan fingerprint density at radius 3 is 2.59 bits per heavy atom. The highest BCUT2D eigenvalue weighted by Crippen LogP contribution is 2.25. The monoisotopic (exact) mass is 453 g/mol. The van der Waals surface area contributed by atoms with Gasteiger partial charge in [-0.2, -0.15) is 0 Å². The molecule has 0 bridgehead atoms. The Bertz CT molecular complexity index is 1170. The third kappa shape index (κ3) is 4.00. The van der Waals surface area contributed by atoms with Crippen LogP contribution in [0.5, 0.6) is 5.88 Å². The molecule has 0 saturated heterocycles. The Kier molecular flexibility index (Phi) is 5.06. The van der Waals surface area contributed by atoms with Crippen LogP contribution >= 0.6 is 15.9 Å². The van der Waals surface area contributed by atoms with Gasteiger partial charge in [0.15, 0.2) is 5.65 Å². The molecular formula is C20H20BrN7O. The summed E-state index contributed by atoms with van der Waals surface area (Å²) in [5, 5.41) is 0. The maximum atomic E-state index is 5.99. The van der Waals surface area contributed by atoms with E-state index in [0.717, 1.165) is 32.7 Å². The van der Waals surface area contributed by atoms with Crippen molar-refractivity contribution in [3.8, 4) is 17.1 Å². The zero-order valence-electron chi connectivity index (χ0n) is 16.0. The van der Waals surface area contributed by atoms with Gasteiger partial charge in [0.2, 0.25) is 5.88 Å². The van der Waals surface area contributed by atoms with E-state index in [-0.39, 0.29) is 6.10 Å². The van der Waals surface area contributed by atoms with Gasteiger partial charge in [-0.25, -0.2) is 19.9 Å². The van der Waals surface area contributed by atoms with E-state index in [4.69, 9.17) is 21.2 Å². The summed E-state index contributed by atoms with van der Waals surface area (Å²) in [5.41, 5.74) is 14.8. The zero-order valence-corrected chi connectivity index (χ0v) is 17.6. The molecule has 148 valence electrons. The molecule has 1 atom stereocenters. The fraction of sp³-hybridized carbons (Fsp3) is 0.200. The van der Waals surface area contributed by atoms with Crippen LogP contribution in [0.2, 0.25) is 0 Å². The molecule has 0 unspecified atom stereocenters. The predicted octanol–water partition coefficient (Wildman–Crippen LogP) is 3.59. The number of halogens is 1. The smallest absolute Gasteiger partial charge is 0.228 e. The Morgan fingerprint density at radius 1 is 1.10 bits per heavy atom. The maximum absolute atomic E-state index is 5.99. The van der Waals surface area contributed by atoms with Crippen molar-refractivity contribution in [2.75, 3.05) is 11.5 Å². The number of rotatable bonds is 5. The second kappa shape index (κ2) is 7.67. The topological polar surface area (TPSA) is 118 Å². The molecule has 0 aromatic carbocycles. The molecule has 0 aliphatic heterocycles. The molecule has 4 N–H and O–H groups in total. The summed E-state index contributed by atoms with van der Waals surface area (Å²) in [6, 6.07) is 11.1. The average Bonchev–Trinajstić information content (AvgIpc) is 2.97. The summed E-state index contributed by atoms with van der Waals surface area (Å²) in [7, 11) is 0. The fourth-order valence-electron chi connectivity index (χ4n) is 3.16. The number of nitrogens with zero attached hydrogens (tertiary/aromatic N) is 5. The lowest BCUT2D eigenvalue weighted by molar-refractivity contribution is 0.190. The minimum absolute atomic E-state index is 0.144. The number of anilines is 2. The van der Waals surface area contributed by atoms with Crippen LogP contribution in [-0.2, 0) is 6.54 Å². The van der Waals surface area contributed by atoms with Gasteiger partial charge < -0.3 is 20.8 Å². The van der Waals surface area contributed by atoms with Crippen molar-refractivity contribution in [2.24, 2.45) is 0 Å². The number of nitrogen functional groups attached to an aromatic ring is 2. The van der Waals surface area contributed by atoms with E-state index in [9.17, 15) is 0 Å². The van der Waals surface area contributed by atoms with Gasteiger partial charge in [-0.1, -0.05) is 0 Å². The highest BCUT2D eigenvalue weighted by Gasteiger charge is 2.15. The molecule has 0 radical (unpaired) electrons. The molecular weight excluding hydrogens is 434 g/mol. The molecule has 0 spiro atoms. The molecule has 4 aromatic rings. The highest BCUT2D eigenvalue weighted by atomic mass is 79.9. The average molecular weight is 454 g/mol. The van der Waals surface area contributed by atoms with Gasteiger partial charge in [-0.15, -0.1) is 0 Å². The summed E-state index contributed by atoms with van der Waals surface area (Å²) < 4.78 is 8.84. The van der Waals surface area contributed by atoms with Crippen LogP contribution in [0.25, 0.3) is 22.4 Å². The molecule has 29 heavy (non-hydrogen) atoms. The number of hydrogen-bond acceptors (Lipinski definition) is 7. The van der Waals surface area contributed by atoms with Crippen molar-refractivity contribution in [1.82, 2.24) is 24.5 Å². The molecule has 8 nitrogen and oxygen atoms in total. The van der Waals surface area contributed by atoms with E-state index in [0.29, 0.717) is 24.1 Å².